The van der Waals surface area contributed by atoms with Gasteiger partial charge in [-0.2, -0.15) is 13.2 Å². The normalized spacial score (nSPS) is 17.8. The highest BCUT2D eigenvalue weighted by atomic mass is 19.4. The first kappa shape index (κ1) is 17.8. The molecule has 1 atom stereocenters. The quantitative estimate of drug-likeness (QED) is 0.836. The van der Waals surface area contributed by atoms with E-state index in [9.17, 15) is 13.2 Å². The summed E-state index contributed by atoms with van der Waals surface area (Å²) >= 11 is 0. The molecule has 0 radical (unpaired) electrons. The van der Waals surface area contributed by atoms with Crippen LogP contribution in [0.15, 0.2) is 30.4 Å². The molecule has 1 saturated heterocycles. The molecule has 1 N–H and O–H groups in total. The molecule has 1 aromatic carbocycles. The van der Waals surface area contributed by atoms with Crippen molar-refractivity contribution >= 4 is 0 Å². The molecule has 1 aliphatic heterocycles. The summed E-state index contributed by atoms with van der Waals surface area (Å²) in [7, 11) is 1.37. The third kappa shape index (κ3) is 4.48. The van der Waals surface area contributed by atoms with Crippen LogP contribution in [0, 0.1) is 0 Å². The lowest BCUT2D eigenvalue weighted by molar-refractivity contribution is -0.139. The molecular formula is C17H23F3N2O. The first-order valence-corrected chi connectivity index (χ1v) is 7.67. The Morgan fingerprint density at radius 2 is 2.00 bits per heavy atom. The number of piperazine rings is 1. The van der Waals surface area contributed by atoms with Crippen LogP contribution in [0.3, 0.4) is 0 Å². The van der Waals surface area contributed by atoms with Crippen LogP contribution in [0.5, 0.6) is 5.75 Å². The van der Waals surface area contributed by atoms with Crippen molar-refractivity contribution in [1.29, 1.82) is 0 Å². The molecular weight excluding hydrogens is 305 g/mol. The highest BCUT2D eigenvalue weighted by Crippen LogP contribution is 2.40. The molecule has 23 heavy (non-hydrogen) atoms. The molecule has 1 heterocycles. The van der Waals surface area contributed by atoms with Crippen LogP contribution < -0.4 is 10.1 Å². The van der Waals surface area contributed by atoms with Crippen molar-refractivity contribution in [3.05, 3.63) is 41.5 Å². The molecule has 0 bridgehead atoms. The first-order chi connectivity index (χ1) is 10.8. The fraction of sp³-hybridized carbons (Fsp3) is 0.529. The van der Waals surface area contributed by atoms with E-state index in [4.69, 9.17) is 4.74 Å². The number of nitrogens with zero attached hydrogens (tertiary/aromatic N) is 1. The molecule has 0 amide bonds. The zero-order chi connectivity index (χ0) is 17.0. The van der Waals surface area contributed by atoms with Crippen LogP contribution in [0.2, 0.25) is 0 Å². The first-order valence-electron chi connectivity index (χ1n) is 7.67. The number of ether oxygens (including phenoxy) is 1. The predicted molar refractivity (Wildman–Crippen MR) is 84.6 cm³/mol. The van der Waals surface area contributed by atoms with E-state index >= 15 is 0 Å². The zero-order valence-electron chi connectivity index (χ0n) is 13.5. The molecule has 0 aromatic heterocycles. The summed E-state index contributed by atoms with van der Waals surface area (Å²) in [5.74, 6) is 0.218. The van der Waals surface area contributed by atoms with E-state index in [-0.39, 0.29) is 11.8 Å². The van der Waals surface area contributed by atoms with Crippen molar-refractivity contribution in [3.63, 3.8) is 0 Å². The highest BCUT2D eigenvalue weighted by Gasteiger charge is 2.37. The number of rotatable bonds is 5. The Morgan fingerprint density at radius 3 is 2.52 bits per heavy atom. The molecule has 1 aromatic rings. The van der Waals surface area contributed by atoms with Crippen LogP contribution in [0.25, 0.3) is 0 Å². The standard InChI is InChI=1S/C17H23F3N2O/c1-12(2)10-16(22-8-6-21-7-9-22)14-5-4-13(23-3)11-15(14)17(18,19)20/h4-5,11,16,21H,1,6-10H2,2-3H3/t16-/m0/s1. The molecule has 0 aliphatic carbocycles. The largest absolute Gasteiger partial charge is 0.497 e. The summed E-state index contributed by atoms with van der Waals surface area (Å²) in [4.78, 5) is 2.10. The number of hydrogen-bond donors (Lipinski definition) is 1. The molecule has 3 nitrogen and oxygen atoms in total. The Labute approximate surface area is 135 Å². The van der Waals surface area contributed by atoms with E-state index in [2.05, 4.69) is 16.8 Å². The van der Waals surface area contributed by atoms with E-state index in [0.717, 1.165) is 37.8 Å². The Hall–Kier alpha value is -1.53. The van der Waals surface area contributed by atoms with Crippen LogP contribution in [0.1, 0.15) is 30.5 Å². The smallest absolute Gasteiger partial charge is 0.416 e. The second-order valence-corrected chi connectivity index (χ2v) is 5.91. The van der Waals surface area contributed by atoms with E-state index in [1.165, 1.54) is 13.2 Å². The van der Waals surface area contributed by atoms with Gasteiger partial charge >= 0.3 is 6.18 Å². The number of benzene rings is 1. The van der Waals surface area contributed by atoms with Crippen molar-refractivity contribution in [2.24, 2.45) is 0 Å². The van der Waals surface area contributed by atoms with Crippen molar-refractivity contribution in [3.8, 4) is 5.75 Å². The van der Waals surface area contributed by atoms with Gasteiger partial charge in [0.05, 0.1) is 12.7 Å². The lowest BCUT2D eigenvalue weighted by atomic mass is 9.93. The summed E-state index contributed by atoms with van der Waals surface area (Å²) in [5.41, 5.74) is 0.544. The van der Waals surface area contributed by atoms with Gasteiger partial charge in [0, 0.05) is 32.2 Å². The number of alkyl halides is 3. The van der Waals surface area contributed by atoms with Crippen molar-refractivity contribution < 1.29 is 17.9 Å². The van der Waals surface area contributed by atoms with Gasteiger partial charge in [0.25, 0.3) is 0 Å². The molecule has 128 valence electrons. The van der Waals surface area contributed by atoms with Gasteiger partial charge in [-0.25, -0.2) is 0 Å². The number of hydrogen-bond acceptors (Lipinski definition) is 3. The van der Waals surface area contributed by atoms with E-state index < -0.39 is 11.7 Å². The van der Waals surface area contributed by atoms with Crippen molar-refractivity contribution in [2.45, 2.75) is 25.6 Å². The van der Waals surface area contributed by atoms with Gasteiger partial charge in [-0.1, -0.05) is 11.6 Å². The zero-order valence-corrected chi connectivity index (χ0v) is 13.5. The maximum Gasteiger partial charge on any atom is 0.416 e. The van der Waals surface area contributed by atoms with Crippen LogP contribution in [-0.4, -0.2) is 38.2 Å². The Bertz CT molecular complexity index is 551. The predicted octanol–water partition coefficient (Wildman–Crippen LogP) is 3.63. The summed E-state index contributed by atoms with van der Waals surface area (Å²) in [6, 6.07) is 3.90. The lowest BCUT2D eigenvalue weighted by Gasteiger charge is -2.36. The number of nitrogens with one attached hydrogen (secondary N) is 1. The summed E-state index contributed by atoms with van der Waals surface area (Å²) < 4.78 is 45.5. The van der Waals surface area contributed by atoms with Crippen molar-refractivity contribution in [1.82, 2.24) is 10.2 Å². The van der Waals surface area contributed by atoms with Gasteiger partial charge in [-0.05, 0) is 31.0 Å². The molecule has 0 spiro atoms. The van der Waals surface area contributed by atoms with Gasteiger partial charge in [-0.3, -0.25) is 4.90 Å². The minimum Gasteiger partial charge on any atom is -0.497 e. The van der Waals surface area contributed by atoms with Crippen molar-refractivity contribution in [2.75, 3.05) is 33.3 Å². The monoisotopic (exact) mass is 328 g/mol. The third-order valence-corrected chi connectivity index (χ3v) is 4.06. The molecule has 0 saturated carbocycles. The maximum atomic E-state index is 13.5. The van der Waals surface area contributed by atoms with Gasteiger partial charge in [0.2, 0.25) is 0 Å². The second-order valence-electron chi connectivity index (χ2n) is 5.91. The SMILES string of the molecule is C=C(C)C[C@@H](c1ccc(OC)cc1C(F)(F)F)N1CCNCC1. The fourth-order valence-corrected chi connectivity index (χ4v) is 2.96. The minimum absolute atomic E-state index is 0.218. The highest BCUT2D eigenvalue weighted by molar-refractivity contribution is 5.40. The average Bonchev–Trinajstić information content (AvgIpc) is 2.52. The number of methoxy groups -OCH3 is 1. The Morgan fingerprint density at radius 1 is 1.35 bits per heavy atom. The van der Waals surface area contributed by atoms with Gasteiger partial charge in [0.15, 0.2) is 0 Å². The van der Waals surface area contributed by atoms with Crippen LogP contribution >= 0.6 is 0 Å². The molecule has 2 rings (SSSR count). The van der Waals surface area contributed by atoms with E-state index in [0.29, 0.717) is 12.0 Å². The van der Waals surface area contributed by atoms with Gasteiger partial charge in [0.1, 0.15) is 5.75 Å². The molecule has 0 unspecified atom stereocenters. The molecule has 1 aliphatic rings. The molecule has 6 heteroatoms. The van der Waals surface area contributed by atoms with Gasteiger partial charge in [-0.15, -0.1) is 6.58 Å². The maximum absolute atomic E-state index is 13.5. The number of halogens is 3. The Kier molecular flexibility index (Phi) is 5.70. The third-order valence-electron chi connectivity index (χ3n) is 4.06. The second kappa shape index (κ2) is 7.36. The minimum atomic E-state index is -4.41. The summed E-state index contributed by atoms with van der Waals surface area (Å²) in [5, 5.41) is 3.23. The summed E-state index contributed by atoms with van der Waals surface area (Å²) in [6.45, 7) is 8.76. The summed E-state index contributed by atoms with van der Waals surface area (Å²) in [6.07, 6.45) is -3.90. The van der Waals surface area contributed by atoms with Crippen LogP contribution in [0.4, 0.5) is 13.2 Å². The Balaban J connectivity index is 2.46. The van der Waals surface area contributed by atoms with E-state index in [1.807, 2.05) is 6.92 Å². The van der Waals surface area contributed by atoms with E-state index in [1.54, 1.807) is 6.07 Å². The molecule has 1 fully saturated rings. The fourth-order valence-electron chi connectivity index (χ4n) is 2.96. The lowest BCUT2D eigenvalue weighted by Crippen LogP contribution is -2.45. The van der Waals surface area contributed by atoms with Crippen LogP contribution in [-0.2, 0) is 6.18 Å². The topological polar surface area (TPSA) is 24.5 Å². The average molecular weight is 328 g/mol. The van der Waals surface area contributed by atoms with Gasteiger partial charge < -0.3 is 10.1 Å².